The zero-order chi connectivity index (χ0) is 14.8. The Morgan fingerprint density at radius 2 is 2.00 bits per heavy atom. The van der Waals surface area contributed by atoms with Crippen molar-refractivity contribution in [2.75, 3.05) is 5.75 Å². The summed E-state index contributed by atoms with van der Waals surface area (Å²) in [6.07, 6.45) is 0.818. The number of carbonyl (C=O) groups is 1. The van der Waals surface area contributed by atoms with E-state index in [1.807, 2.05) is 37.3 Å². The molecule has 0 fully saturated rings. The molecule has 0 saturated heterocycles. The van der Waals surface area contributed by atoms with Gasteiger partial charge in [0.15, 0.2) is 0 Å². The lowest BCUT2D eigenvalue weighted by molar-refractivity contribution is 0.0935. The average molecular weight is 301 g/mol. The highest BCUT2D eigenvalue weighted by molar-refractivity contribution is 7.99. The van der Waals surface area contributed by atoms with Gasteiger partial charge in [-0.2, -0.15) is 0 Å². The third kappa shape index (κ3) is 2.95. The van der Waals surface area contributed by atoms with E-state index in [-0.39, 0.29) is 17.8 Å². The first kappa shape index (κ1) is 14.1. The molecule has 0 aliphatic carbocycles. The molecule has 0 radical (unpaired) electrons. The summed E-state index contributed by atoms with van der Waals surface area (Å²) in [5.74, 6) is 0.501. The van der Waals surface area contributed by atoms with Crippen molar-refractivity contribution < 1.29 is 9.18 Å². The van der Waals surface area contributed by atoms with Crippen LogP contribution in [0.3, 0.4) is 0 Å². The van der Waals surface area contributed by atoms with Crippen molar-refractivity contribution in [3.05, 3.63) is 65.0 Å². The molecule has 0 unspecified atom stereocenters. The predicted octanol–water partition coefficient (Wildman–Crippen LogP) is 4.10. The van der Waals surface area contributed by atoms with Gasteiger partial charge in [0, 0.05) is 16.2 Å². The second kappa shape index (κ2) is 5.90. The molecule has 3 rings (SSSR count). The summed E-state index contributed by atoms with van der Waals surface area (Å²) in [7, 11) is 0. The molecule has 1 aliphatic rings. The molecule has 0 spiro atoms. The lowest BCUT2D eigenvalue weighted by Gasteiger charge is -2.26. The normalized spacial score (nSPS) is 17.1. The van der Waals surface area contributed by atoms with Crippen LogP contribution in [-0.4, -0.2) is 11.7 Å². The number of fused-ring (bicyclic) bond motifs is 1. The number of amides is 1. The van der Waals surface area contributed by atoms with Crippen LogP contribution in [0.1, 0.15) is 33.9 Å². The molecule has 2 aromatic rings. The van der Waals surface area contributed by atoms with Crippen LogP contribution < -0.4 is 5.32 Å². The van der Waals surface area contributed by atoms with Gasteiger partial charge in [-0.1, -0.05) is 29.8 Å². The largest absolute Gasteiger partial charge is 0.345 e. The Bertz CT molecular complexity index is 669. The predicted molar refractivity (Wildman–Crippen MR) is 83.1 cm³/mol. The fourth-order valence-electron chi connectivity index (χ4n) is 2.48. The average Bonchev–Trinajstić information content (AvgIpc) is 2.49. The van der Waals surface area contributed by atoms with Gasteiger partial charge >= 0.3 is 0 Å². The minimum Gasteiger partial charge on any atom is -0.345 e. The molecule has 2 nitrogen and oxygen atoms in total. The first-order valence-electron chi connectivity index (χ1n) is 6.94. The standard InChI is InChI=1S/C17H16FNOS/c1-11-5-7-12(8-6-11)17(20)19-15-9-10-21-16-13(15)3-2-4-14(16)18/h2-8,15H,9-10H2,1H3,(H,19,20)/t15-/m0/s1. The summed E-state index contributed by atoms with van der Waals surface area (Å²) in [4.78, 5) is 13.0. The molecule has 108 valence electrons. The van der Waals surface area contributed by atoms with E-state index < -0.39 is 0 Å². The Labute approximate surface area is 127 Å². The molecule has 1 amide bonds. The maximum Gasteiger partial charge on any atom is 0.251 e. The number of carbonyl (C=O) groups excluding carboxylic acids is 1. The van der Waals surface area contributed by atoms with Gasteiger partial charge < -0.3 is 5.32 Å². The second-order valence-electron chi connectivity index (χ2n) is 5.19. The summed E-state index contributed by atoms with van der Waals surface area (Å²) in [5.41, 5.74) is 2.64. The van der Waals surface area contributed by atoms with Crippen LogP contribution in [0.4, 0.5) is 4.39 Å². The zero-order valence-corrected chi connectivity index (χ0v) is 12.5. The Balaban J connectivity index is 1.82. The van der Waals surface area contributed by atoms with Gasteiger partial charge in [0.2, 0.25) is 0 Å². The molecular formula is C17H16FNOS. The van der Waals surface area contributed by atoms with Gasteiger partial charge in [-0.3, -0.25) is 4.79 Å². The minimum atomic E-state index is -0.202. The van der Waals surface area contributed by atoms with Gasteiger partial charge in [0.05, 0.1) is 6.04 Å². The van der Waals surface area contributed by atoms with E-state index in [1.54, 1.807) is 6.07 Å². The zero-order valence-electron chi connectivity index (χ0n) is 11.7. The van der Waals surface area contributed by atoms with E-state index in [4.69, 9.17) is 0 Å². The molecule has 4 heteroatoms. The maximum atomic E-state index is 13.8. The molecule has 0 bridgehead atoms. The summed E-state index contributed by atoms with van der Waals surface area (Å²) in [6, 6.07) is 12.4. The molecule has 1 aliphatic heterocycles. The van der Waals surface area contributed by atoms with Crippen molar-refractivity contribution in [3.8, 4) is 0 Å². The number of halogens is 1. The molecular weight excluding hydrogens is 285 g/mol. The second-order valence-corrected chi connectivity index (χ2v) is 6.29. The highest BCUT2D eigenvalue weighted by Crippen LogP contribution is 2.37. The van der Waals surface area contributed by atoms with Crippen molar-refractivity contribution >= 4 is 17.7 Å². The highest BCUT2D eigenvalue weighted by Gasteiger charge is 2.24. The summed E-state index contributed by atoms with van der Waals surface area (Å²) < 4.78 is 13.8. The van der Waals surface area contributed by atoms with Gasteiger partial charge in [-0.15, -0.1) is 11.8 Å². The van der Waals surface area contributed by atoms with E-state index in [0.29, 0.717) is 10.5 Å². The maximum absolute atomic E-state index is 13.8. The van der Waals surface area contributed by atoms with Gasteiger partial charge in [0.25, 0.3) is 5.91 Å². The van der Waals surface area contributed by atoms with Crippen molar-refractivity contribution in [3.63, 3.8) is 0 Å². The third-order valence-corrected chi connectivity index (χ3v) is 4.80. The van der Waals surface area contributed by atoms with Crippen LogP contribution in [0.5, 0.6) is 0 Å². The lowest BCUT2D eigenvalue weighted by Crippen LogP contribution is -2.30. The minimum absolute atomic E-state index is 0.109. The van der Waals surface area contributed by atoms with Crippen molar-refractivity contribution in [2.45, 2.75) is 24.3 Å². The number of hydrogen-bond acceptors (Lipinski definition) is 2. The number of hydrogen-bond donors (Lipinski definition) is 1. The molecule has 1 N–H and O–H groups in total. The molecule has 0 saturated carbocycles. The molecule has 21 heavy (non-hydrogen) atoms. The summed E-state index contributed by atoms with van der Waals surface area (Å²) in [5, 5.41) is 3.02. The van der Waals surface area contributed by atoms with Gasteiger partial charge in [-0.05, 0) is 37.1 Å². The van der Waals surface area contributed by atoms with Crippen LogP contribution >= 0.6 is 11.8 Å². The van der Waals surface area contributed by atoms with Crippen LogP contribution in [0.25, 0.3) is 0 Å². The molecule has 0 aromatic heterocycles. The van der Waals surface area contributed by atoms with Crippen LogP contribution in [-0.2, 0) is 0 Å². The van der Waals surface area contributed by atoms with Crippen molar-refractivity contribution in [2.24, 2.45) is 0 Å². The Morgan fingerprint density at radius 1 is 1.24 bits per heavy atom. The van der Waals surface area contributed by atoms with E-state index in [2.05, 4.69) is 5.32 Å². The van der Waals surface area contributed by atoms with Crippen molar-refractivity contribution in [1.29, 1.82) is 0 Å². The number of nitrogens with one attached hydrogen (secondary N) is 1. The smallest absolute Gasteiger partial charge is 0.251 e. The topological polar surface area (TPSA) is 29.1 Å². The molecule has 1 heterocycles. The monoisotopic (exact) mass is 301 g/mol. The number of rotatable bonds is 2. The quantitative estimate of drug-likeness (QED) is 0.904. The Hall–Kier alpha value is -1.81. The lowest BCUT2D eigenvalue weighted by atomic mass is 10.0. The van der Waals surface area contributed by atoms with E-state index >= 15 is 0 Å². The number of benzene rings is 2. The summed E-state index contributed by atoms with van der Waals surface area (Å²) >= 11 is 1.52. The fraction of sp³-hybridized carbons (Fsp3) is 0.235. The third-order valence-electron chi connectivity index (χ3n) is 3.64. The Kier molecular flexibility index (Phi) is 3.97. The SMILES string of the molecule is Cc1ccc(C(=O)N[C@H]2CCSc3c(F)cccc32)cc1. The number of thioether (sulfide) groups is 1. The Morgan fingerprint density at radius 3 is 2.76 bits per heavy atom. The van der Waals surface area contributed by atoms with Gasteiger partial charge in [0.1, 0.15) is 5.82 Å². The van der Waals surface area contributed by atoms with Gasteiger partial charge in [-0.25, -0.2) is 4.39 Å². The van der Waals surface area contributed by atoms with E-state index in [1.165, 1.54) is 17.8 Å². The first-order chi connectivity index (χ1) is 10.1. The molecule has 1 atom stereocenters. The first-order valence-corrected chi connectivity index (χ1v) is 7.92. The fourth-order valence-corrected chi connectivity index (χ4v) is 3.62. The highest BCUT2D eigenvalue weighted by atomic mass is 32.2. The van der Waals surface area contributed by atoms with Crippen LogP contribution in [0, 0.1) is 12.7 Å². The summed E-state index contributed by atoms with van der Waals surface area (Å²) in [6.45, 7) is 1.99. The molecule has 2 aromatic carbocycles. The van der Waals surface area contributed by atoms with Crippen LogP contribution in [0.2, 0.25) is 0 Å². The van der Waals surface area contributed by atoms with E-state index in [9.17, 15) is 9.18 Å². The van der Waals surface area contributed by atoms with Crippen LogP contribution in [0.15, 0.2) is 47.4 Å². The van der Waals surface area contributed by atoms with E-state index in [0.717, 1.165) is 23.3 Å². The number of aryl methyl sites for hydroxylation is 1. The van der Waals surface area contributed by atoms with Crippen molar-refractivity contribution in [1.82, 2.24) is 5.32 Å².